The van der Waals surface area contributed by atoms with E-state index in [1.807, 2.05) is 0 Å². The third-order valence-corrected chi connectivity index (χ3v) is 7.55. The molecule has 0 radical (unpaired) electrons. The maximum absolute atomic E-state index is 13.8. The van der Waals surface area contributed by atoms with Crippen LogP contribution in [-0.4, -0.2) is 80.9 Å². The Morgan fingerprint density at radius 2 is 1.72 bits per heavy atom. The van der Waals surface area contributed by atoms with E-state index in [9.17, 15) is 39.5 Å². The summed E-state index contributed by atoms with van der Waals surface area (Å²) in [6.45, 7) is 2.56. The largest absolute Gasteiger partial charge is 0.462 e. The summed E-state index contributed by atoms with van der Waals surface area (Å²) in [5, 5.41) is 36.3. The van der Waals surface area contributed by atoms with Gasteiger partial charge in [-0.25, -0.2) is 4.79 Å². The lowest BCUT2D eigenvalue weighted by Gasteiger charge is -2.47. The molecule has 1 aliphatic rings. The fourth-order valence-electron chi connectivity index (χ4n) is 4.38. The number of carbonyl (C=O) groups excluding carboxylic acids is 4. The molecule has 6 atom stereocenters. The summed E-state index contributed by atoms with van der Waals surface area (Å²) in [6.07, 6.45) is -6.93. The fraction of sp³-hybridized carbons (Fsp3) is 0.429. The Morgan fingerprint density at radius 3 is 2.28 bits per heavy atom. The topological polar surface area (TPSA) is 201 Å². The van der Waals surface area contributed by atoms with Crippen LogP contribution < -0.4 is 5.32 Å². The van der Waals surface area contributed by atoms with E-state index in [0.717, 1.165) is 25.6 Å². The Kier molecular flexibility index (Phi) is 11.6. The van der Waals surface area contributed by atoms with Crippen molar-refractivity contribution in [3.8, 4) is 0 Å². The number of esters is 3. The number of non-ortho nitro benzene ring substituents is 1. The first-order chi connectivity index (χ1) is 20.3. The maximum Gasteiger partial charge on any atom is 0.349 e. The second-order valence-corrected chi connectivity index (χ2v) is 11.0. The Labute approximate surface area is 250 Å². The summed E-state index contributed by atoms with van der Waals surface area (Å²) >= 11 is 0.769. The van der Waals surface area contributed by atoms with Crippen LogP contribution in [0.15, 0.2) is 59.5 Å². The Morgan fingerprint density at radius 1 is 1.07 bits per heavy atom. The van der Waals surface area contributed by atoms with Crippen molar-refractivity contribution in [1.29, 1.82) is 0 Å². The van der Waals surface area contributed by atoms with Crippen LogP contribution in [0, 0.1) is 10.1 Å². The highest BCUT2D eigenvalue weighted by Crippen LogP contribution is 2.45. The highest BCUT2D eigenvalue weighted by molar-refractivity contribution is 8.01. The summed E-state index contributed by atoms with van der Waals surface area (Å²) in [5.74, 6) is -3.13. The van der Waals surface area contributed by atoms with Crippen molar-refractivity contribution in [3.05, 3.63) is 70.3 Å². The molecule has 0 saturated carbocycles. The lowest BCUT2D eigenvalue weighted by molar-refractivity contribution is -0.384. The monoisotopic (exact) mass is 620 g/mol. The third kappa shape index (κ3) is 9.22. The van der Waals surface area contributed by atoms with E-state index in [1.54, 1.807) is 30.3 Å². The number of nitro groups is 1. The quantitative estimate of drug-likeness (QED) is 0.134. The van der Waals surface area contributed by atoms with Crippen molar-refractivity contribution in [2.45, 2.75) is 74.1 Å². The minimum atomic E-state index is -2.06. The molecule has 0 unspecified atom stereocenters. The number of nitrogens with zero attached hydrogens (tertiary/aromatic N) is 1. The number of benzene rings is 2. The molecular formula is C28H32N2O12S. The molecule has 232 valence electrons. The summed E-state index contributed by atoms with van der Waals surface area (Å²) in [4.78, 5) is 57.9. The van der Waals surface area contributed by atoms with Crippen LogP contribution in [-0.2, 0) is 44.7 Å². The van der Waals surface area contributed by atoms with Gasteiger partial charge in [0, 0.05) is 44.2 Å². The van der Waals surface area contributed by atoms with Gasteiger partial charge in [0.25, 0.3) is 5.69 Å². The normalized spacial score (nSPS) is 22.9. The number of rotatable bonds is 12. The first-order valence-corrected chi connectivity index (χ1v) is 13.9. The number of ether oxygens (including phenoxy) is 4. The summed E-state index contributed by atoms with van der Waals surface area (Å²) in [5.41, 5.74) is 0.440. The molecule has 15 heteroatoms. The van der Waals surface area contributed by atoms with Gasteiger partial charge in [-0.1, -0.05) is 42.1 Å². The van der Waals surface area contributed by atoms with E-state index in [-0.39, 0.29) is 12.3 Å². The fourth-order valence-corrected chi connectivity index (χ4v) is 5.59. The lowest BCUT2D eigenvalue weighted by atomic mass is 9.89. The predicted molar refractivity (Wildman–Crippen MR) is 149 cm³/mol. The molecule has 0 spiro atoms. The number of aliphatic hydroxyl groups is 2. The van der Waals surface area contributed by atoms with Crippen LogP contribution in [0.25, 0.3) is 0 Å². The Hall–Kier alpha value is -4.05. The SMILES string of the molecule is CC(=O)N[C@H]1[C@H]([C@H](O)[C@@H](COC(C)=O)OC(C)=O)O[C@@](Sc2ccc([N+](=O)[O-])cc2)(C(=O)OCc2ccccc2)C[C@@H]1O. The zero-order valence-corrected chi connectivity index (χ0v) is 24.4. The van der Waals surface area contributed by atoms with Gasteiger partial charge in [0.1, 0.15) is 25.4 Å². The molecular weight excluding hydrogens is 588 g/mol. The van der Waals surface area contributed by atoms with Gasteiger partial charge >= 0.3 is 17.9 Å². The van der Waals surface area contributed by atoms with Gasteiger partial charge in [0.15, 0.2) is 6.10 Å². The molecule has 1 aliphatic heterocycles. The molecule has 1 amide bonds. The van der Waals surface area contributed by atoms with Gasteiger partial charge in [-0.3, -0.25) is 24.5 Å². The zero-order valence-electron chi connectivity index (χ0n) is 23.5. The molecule has 1 fully saturated rings. The molecule has 2 aromatic carbocycles. The van der Waals surface area contributed by atoms with Gasteiger partial charge in [-0.2, -0.15) is 0 Å². The van der Waals surface area contributed by atoms with Crippen LogP contribution in [0.2, 0.25) is 0 Å². The van der Waals surface area contributed by atoms with Gasteiger partial charge in [0.05, 0.1) is 17.1 Å². The smallest absolute Gasteiger partial charge is 0.349 e. The Bertz CT molecular complexity index is 1310. The van der Waals surface area contributed by atoms with Crippen LogP contribution in [0.1, 0.15) is 32.8 Å². The lowest BCUT2D eigenvalue weighted by Crippen LogP contribution is -2.66. The zero-order chi connectivity index (χ0) is 31.7. The van der Waals surface area contributed by atoms with E-state index in [4.69, 9.17) is 18.9 Å². The molecule has 1 heterocycles. The van der Waals surface area contributed by atoms with E-state index >= 15 is 0 Å². The minimum absolute atomic E-state index is 0.174. The number of hydrogen-bond acceptors (Lipinski definition) is 13. The number of aliphatic hydroxyl groups excluding tert-OH is 2. The van der Waals surface area contributed by atoms with Gasteiger partial charge < -0.3 is 34.5 Å². The number of carbonyl (C=O) groups is 4. The minimum Gasteiger partial charge on any atom is -0.462 e. The van der Waals surface area contributed by atoms with Crippen molar-refractivity contribution < 1.29 is 53.3 Å². The Balaban J connectivity index is 2.04. The number of nitro benzene ring substituents is 1. The van der Waals surface area contributed by atoms with E-state index < -0.39 is 77.2 Å². The second kappa shape index (κ2) is 14.9. The molecule has 1 saturated heterocycles. The summed E-state index contributed by atoms with van der Waals surface area (Å²) in [7, 11) is 0. The molecule has 3 N–H and O–H groups in total. The maximum atomic E-state index is 13.8. The van der Waals surface area contributed by atoms with E-state index in [2.05, 4.69) is 5.32 Å². The third-order valence-electron chi connectivity index (χ3n) is 6.28. The van der Waals surface area contributed by atoms with E-state index in [1.165, 1.54) is 31.2 Å². The van der Waals surface area contributed by atoms with Crippen LogP contribution >= 0.6 is 11.8 Å². The highest BCUT2D eigenvalue weighted by Gasteiger charge is 2.56. The van der Waals surface area contributed by atoms with Crippen LogP contribution in [0.5, 0.6) is 0 Å². The predicted octanol–water partition coefficient (Wildman–Crippen LogP) is 1.64. The molecule has 14 nitrogen and oxygen atoms in total. The van der Waals surface area contributed by atoms with Crippen molar-refractivity contribution in [3.63, 3.8) is 0 Å². The number of hydrogen-bond donors (Lipinski definition) is 3. The van der Waals surface area contributed by atoms with Crippen LogP contribution in [0.3, 0.4) is 0 Å². The molecule has 0 aromatic heterocycles. The molecule has 43 heavy (non-hydrogen) atoms. The van der Waals surface area contributed by atoms with Gasteiger partial charge in [0.2, 0.25) is 10.8 Å². The molecule has 2 aromatic rings. The van der Waals surface area contributed by atoms with Gasteiger partial charge in [-0.15, -0.1) is 0 Å². The standard InChI is InChI=1S/C28H32N2O12S/c1-16(31)29-24-22(34)13-28(27(36)40-14-19-7-5-4-6-8-19,43-21-11-9-20(10-12-21)30(37)38)42-26(24)25(35)23(41-18(3)33)15-39-17(2)32/h4-12,22-26,34-35H,13-15H2,1-3H3,(H,29,31)/t22-,23+,24+,25+,26+,28-/m0/s1. The highest BCUT2D eigenvalue weighted by atomic mass is 32.2. The average Bonchev–Trinajstić information content (AvgIpc) is 2.95. The summed E-state index contributed by atoms with van der Waals surface area (Å²) in [6, 6.07) is 12.6. The van der Waals surface area contributed by atoms with E-state index in [0.29, 0.717) is 10.5 Å². The number of thioether (sulfide) groups is 1. The second-order valence-electron chi connectivity index (χ2n) is 9.69. The first-order valence-electron chi connectivity index (χ1n) is 13.1. The molecule has 0 aliphatic carbocycles. The number of nitrogens with one attached hydrogen (secondary N) is 1. The first kappa shape index (κ1) is 33.5. The molecule has 3 rings (SSSR count). The van der Waals surface area contributed by atoms with Crippen molar-refractivity contribution >= 4 is 41.3 Å². The summed E-state index contributed by atoms with van der Waals surface area (Å²) < 4.78 is 21.9. The van der Waals surface area contributed by atoms with Crippen molar-refractivity contribution in [1.82, 2.24) is 5.32 Å². The average molecular weight is 621 g/mol. The van der Waals surface area contributed by atoms with Gasteiger partial charge in [-0.05, 0) is 17.7 Å². The number of amides is 1. The van der Waals surface area contributed by atoms with Crippen molar-refractivity contribution in [2.24, 2.45) is 0 Å². The molecule has 0 bridgehead atoms. The van der Waals surface area contributed by atoms with Crippen LogP contribution in [0.4, 0.5) is 5.69 Å². The van der Waals surface area contributed by atoms with Crippen molar-refractivity contribution in [2.75, 3.05) is 6.61 Å².